The summed E-state index contributed by atoms with van der Waals surface area (Å²) in [6.45, 7) is 3.48. The lowest BCUT2D eigenvalue weighted by Gasteiger charge is -2.06. The van der Waals surface area contributed by atoms with Gasteiger partial charge in [-0.25, -0.2) is 4.98 Å². The number of benzene rings is 2. The van der Waals surface area contributed by atoms with Crippen LogP contribution in [0.25, 0.3) is 11.5 Å². The van der Waals surface area contributed by atoms with Crippen molar-refractivity contribution in [2.45, 2.75) is 20.5 Å². The second kappa shape index (κ2) is 7.00. The third-order valence-corrected chi connectivity index (χ3v) is 3.36. The molecule has 0 aliphatic heterocycles. The van der Waals surface area contributed by atoms with E-state index in [0.717, 1.165) is 11.3 Å². The fraction of sp³-hybridized carbons (Fsp3) is 0.158. The summed E-state index contributed by atoms with van der Waals surface area (Å²) < 4.78 is 16.5. The number of carbonyl (C=O) groups excluding carboxylic acids is 1. The van der Waals surface area contributed by atoms with Crippen LogP contribution in [0.2, 0.25) is 0 Å². The highest BCUT2D eigenvalue weighted by molar-refractivity contribution is 5.69. The molecule has 0 aliphatic carbocycles. The Hall–Kier alpha value is -3.08. The van der Waals surface area contributed by atoms with Crippen molar-refractivity contribution in [2.24, 2.45) is 0 Å². The highest BCUT2D eigenvalue weighted by atomic mass is 16.5. The van der Waals surface area contributed by atoms with Crippen LogP contribution in [-0.2, 0) is 11.4 Å². The average Bonchev–Trinajstić information content (AvgIpc) is 2.94. The lowest BCUT2D eigenvalue weighted by molar-refractivity contribution is -0.131. The van der Waals surface area contributed by atoms with Crippen LogP contribution < -0.4 is 9.47 Å². The molecule has 0 spiro atoms. The molecule has 24 heavy (non-hydrogen) atoms. The van der Waals surface area contributed by atoms with Crippen molar-refractivity contribution in [1.29, 1.82) is 0 Å². The summed E-state index contributed by atoms with van der Waals surface area (Å²) in [6, 6.07) is 16.6. The average molecular weight is 323 g/mol. The zero-order chi connectivity index (χ0) is 16.9. The Morgan fingerprint density at radius 1 is 1.08 bits per heavy atom. The molecule has 0 radical (unpaired) electrons. The minimum Gasteiger partial charge on any atom is -0.487 e. The van der Waals surface area contributed by atoms with Gasteiger partial charge in [0.1, 0.15) is 29.6 Å². The topological polar surface area (TPSA) is 61.6 Å². The number of oxazole rings is 1. The normalized spacial score (nSPS) is 10.4. The molecule has 1 aromatic heterocycles. The van der Waals surface area contributed by atoms with Gasteiger partial charge in [-0.3, -0.25) is 4.79 Å². The summed E-state index contributed by atoms with van der Waals surface area (Å²) in [4.78, 5) is 15.5. The molecule has 122 valence electrons. The molecule has 0 bridgehead atoms. The fourth-order valence-electron chi connectivity index (χ4n) is 2.21. The molecule has 0 saturated heterocycles. The molecule has 1 heterocycles. The van der Waals surface area contributed by atoms with Crippen molar-refractivity contribution < 1.29 is 18.7 Å². The molecule has 0 unspecified atom stereocenters. The first-order valence-corrected chi connectivity index (χ1v) is 7.55. The number of ether oxygens (including phenoxy) is 2. The predicted octanol–water partition coefficient (Wildman–Crippen LogP) is 4.15. The number of esters is 1. The van der Waals surface area contributed by atoms with E-state index in [4.69, 9.17) is 13.9 Å². The van der Waals surface area contributed by atoms with Crippen molar-refractivity contribution in [2.75, 3.05) is 0 Å². The number of rotatable bonds is 5. The molecule has 5 nitrogen and oxygen atoms in total. The molecular weight excluding hydrogens is 306 g/mol. The highest BCUT2D eigenvalue weighted by Gasteiger charge is 2.12. The summed E-state index contributed by atoms with van der Waals surface area (Å²) in [5.74, 6) is 1.96. The van der Waals surface area contributed by atoms with Crippen LogP contribution in [0.4, 0.5) is 0 Å². The first-order chi connectivity index (χ1) is 11.6. The molecule has 0 saturated carbocycles. The van der Waals surface area contributed by atoms with Gasteiger partial charge in [0.15, 0.2) is 0 Å². The van der Waals surface area contributed by atoms with Crippen LogP contribution in [0.3, 0.4) is 0 Å². The standard InChI is InChI=1S/C19H17NO4/c1-13-18(20-19(23-13)15-7-4-3-5-8-15)12-22-16-9-6-10-17(11-16)24-14(2)21/h3-11H,12H2,1-2H3. The van der Waals surface area contributed by atoms with Crippen LogP contribution >= 0.6 is 0 Å². The number of carbonyl (C=O) groups is 1. The zero-order valence-corrected chi connectivity index (χ0v) is 13.5. The Bertz CT molecular complexity index is 840. The van der Waals surface area contributed by atoms with E-state index in [-0.39, 0.29) is 12.6 Å². The summed E-state index contributed by atoms with van der Waals surface area (Å²) in [6.07, 6.45) is 0. The van der Waals surface area contributed by atoms with Crippen LogP contribution in [-0.4, -0.2) is 11.0 Å². The maximum atomic E-state index is 11.0. The number of nitrogens with zero attached hydrogens (tertiary/aromatic N) is 1. The Labute approximate surface area is 139 Å². The van der Waals surface area contributed by atoms with Gasteiger partial charge < -0.3 is 13.9 Å². The van der Waals surface area contributed by atoms with Gasteiger partial charge in [-0.05, 0) is 31.2 Å². The van der Waals surface area contributed by atoms with Gasteiger partial charge in [-0.1, -0.05) is 24.3 Å². The van der Waals surface area contributed by atoms with Crippen LogP contribution in [0.1, 0.15) is 18.4 Å². The molecule has 3 rings (SSSR count). The molecule has 0 aliphatic rings. The van der Waals surface area contributed by atoms with E-state index < -0.39 is 0 Å². The highest BCUT2D eigenvalue weighted by Crippen LogP contribution is 2.24. The van der Waals surface area contributed by atoms with E-state index in [9.17, 15) is 4.79 Å². The van der Waals surface area contributed by atoms with Crippen LogP contribution in [0.5, 0.6) is 11.5 Å². The quantitative estimate of drug-likeness (QED) is 0.521. The Morgan fingerprint density at radius 2 is 1.83 bits per heavy atom. The number of hydrogen-bond donors (Lipinski definition) is 0. The van der Waals surface area contributed by atoms with E-state index in [0.29, 0.717) is 23.1 Å². The number of hydrogen-bond acceptors (Lipinski definition) is 5. The third-order valence-electron chi connectivity index (χ3n) is 3.36. The molecular formula is C19H17NO4. The minimum atomic E-state index is -0.369. The number of aromatic nitrogens is 1. The molecule has 0 N–H and O–H groups in total. The summed E-state index contributed by atoms with van der Waals surface area (Å²) in [7, 11) is 0. The molecule has 0 amide bonds. The van der Waals surface area contributed by atoms with Crippen molar-refractivity contribution >= 4 is 5.97 Å². The Balaban J connectivity index is 1.71. The van der Waals surface area contributed by atoms with Crippen molar-refractivity contribution in [3.05, 3.63) is 66.1 Å². The molecule has 3 aromatic rings. The Morgan fingerprint density at radius 3 is 2.58 bits per heavy atom. The lowest BCUT2D eigenvalue weighted by atomic mass is 10.2. The van der Waals surface area contributed by atoms with Crippen molar-refractivity contribution in [3.8, 4) is 23.0 Å². The minimum absolute atomic E-state index is 0.270. The maximum absolute atomic E-state index is 11.0. The van der Waals surface area contributed by atoms with E-state index in [2.05, 4.69) is 4.98 Å². The summed E-state index contributed by atoms with van der Waals surface area (Å²) in [5.41, 5.74) is 1.65. The molecule has 0 atom stereocenters. The third kappa shape index (κ3) is 3.81. The smallest absolute Gasteiger partial charge is 0.308 e. The van der Waals surface area contributed by atoms with E-state index in [1.165, 1.54) is 6.92 Å². The van der Waals surface area contributed by atoms with Crippen LogP contribution in [0, 0.1) is 6.92 Å². The summed E-state index contributed by atoms with van der Waals surface area (Å²) in [5, 5.41) is 0. The van der Waals surface area contributed by atoms with Crippen molar-refractivity contribution in [1.82, 2.24) is 4.98 Å². The fourth-order valence-corrected chi connectivity index (χ4v) is 2.21. The van der Waals surface area contributed by atoms with Gasteiger partial charge in [-0.15, -0.1) is 0 Å². The van der Waals surface area contributed by atoms with Gasteiger partial charge in [-0.2, -0.15) is 0 Å². The largest absolute Gasteiger partial charge is 0.487 e. The monoisotopic (exact) mass is 323 g/mol. The maximum Gasteiger partial charge on any atom is 0.308 e. The first kappa shape index (κ1) is 15.8. The van der Waals surface area contributed by atoms with Gasteiger partial charge >= 0.3 is 5.97 Å². The first-order valence-electron chi connectivity index (χ1n) is 7.55. The molecule has 2 aromatic carbocycles. The zero-order valence-electron chi connectivity index (χ0n) is 13.5. The van der Waals surface area contributed by atoms with Crippen LogP contribution in [0.15, 0.2) is 59.0 Å². The second-order valence-corrected chi connectivity index (χ2v) is 5.25. The van der Waals surface area contributed by atoms with E-state index >= 15 is 0 Å². The second-order valence-electron chi connectivity index (χ2n) is 5.25. The van der Waals surface area contributed by atoms with Gasteiger partial charge in [0.05, 0.1) is 0 Å². The molecule has 0 fully saturated rings. The van der Waals surface area contributed by atoms with Gasteiger partial charge in [0.25, 0.3) is 0 Å². The lowest BCUT2D eigenvalue weighted by Crippen LogP contribution is -2.02. The predicted molar refractivity (Wildman–Crippen MR) is 88.8 cm³/mol. The SMILES string of the molecule is CC(=O)Oc1cccc(OCc2nc(-c3ccccc3)oc2C)c1. The number of aryl methyl sites for hydroxylation is 1. The Kier molecular flexibility index (Phi) is 4.61. The molecule has 5 heteroatoms. The summed E-state index contributed by atoms with van der Waals surface area (Å²) >= 11 is 0. The van der Waals surface area contributed by atoms with Gasteiger partial charge in [0.2, 0.25) is 5.89 Å². The van der Waals surface area contributed by atoms with Crippen molar-refractivity contribution in [3.63, 3.8) is 0 Å². The van der Waals surface area contributed by atoms with E-state index in [1.807, 2.05) is 37.3 Å². The van der Waals surface area contributed by atoms with Gasteiger partial charge in [0, 0.05) is 18.6 Å². The van der Waals surface area contributed by atoms with E-state index in [1.54, 1.807) is 24.3 Å².